The van der Waals surface area contributed by atoms with E-state index < -0.39 is 0 Å². The first kappa shape index (κ1) is 10.9. The Morgan fingerprint density at radius 1 is 1.50 bits per heavy atom. The lowest BCUT2D eigenvalue weighted by Crippen LogP contribution is -2.27. The maximum atomic E-state index is 11.5. The van der Waals surface area contributed by atoms with Gasteiger partial charge in [0.1, 0.15) is 6.33 Å². The van der Waals surface area contributed by atoms with Gasteiger partial charge in [0.15, 0.2) is 5.82 Å². The standard InChI is InChI=1S/C11H14N6O/c18-9(15-8-1-2-8)3-4-12-10-11-16-14-7-17(11)6-5-13-10/h5-8H,1-4H2,(H,12,13)(H,15,18). The van der Waals surface area contributed by atoms with Gasteiger partial charge < -0.3 is 10.6 Å². The number of hydrogen-bond donors (Lipinski definition) is 2. The lowest BCUT2D eigenvalue weighted by atomic mass is 10.4. The molecule has 7 nitrogen and oxygen atoms in total. The van der Waals surface area contributed by atoms with Crippen molar-refractivity contribution < 1.29 is 4.79 Å². The van der Waals surface area contributed by atoms with E-state index in [1.807, 2.05) is 0 Å². The van der Waals surface area contributed by atoms with Crippen LogP contribution >= 0.6 is 0 Å². The summed E-state index contributed by atoms with van der Waals surface area (Å²) in [5.41, 5.74) is 0.667. The van der Waals surface area contributed by atoms with Crippen LogP contribution in [0.4, 0.5) is 5.82 Å². The van der Waals surface area contributed by atoms with Crippen LogP contribution in [0, 0.1) is 0 Å². The van der Waals surface area contributed by atoms with E-state index in [1.165, 1.54) is 0 Å². The molecule has 1 amide bonds. The molecule has 0 aliphatic heterocycles. The number of aromatic nitrogens is 4. The Labute approximate surface area is 104 Å². The third-order valence-electron chi connectivity index (χ3n) is 2.80. The molecule has 7 heteroatoms. The van der Waals surface area contributed by atoms with Crippen molar-refractivity contribution in [3.05, 3.63) is 18.7 Å². The molecule has 1 fully saturated rings. The minimum Gasteiger partial charge on any atom is -0.366 e. The summed E-state index contributed by atoms with van der Waals surface area (Å²) < 4.78 is 1.78. The molecular formula is C11H14N6O. The SMILES string of the molecule is O=C(CCNc1nccn2cnnc12)NC1CC1. The molecule has 18 heavy (non-hydrogen) atoms. The van der Waals surface area contributed by atoms with Crippen molar-refractivity contribution in [1.82, 2.24) is 24.9 Å². The van der Waals surface area contributed by atoms with Gasteiger partial charge in [-0.3, -0.25) is 9.20 Å². The van der Waals surface area contributed by atoms with E-state index in [0.717, 1.165) is 12.8 Å². The van der Waals surface area contributed by atoms with Gasteiger partial charge in [-0.25, -0.2) is 4.98 Å². The zero-order chi connectivity index (χ0) is 12.4. The van der Waals surface area contributed by atoms with E-state index >= 15 is 0 Å². The smallest absolute Gasteiger partial charge is 0.221 e. The van der Waals surface area contributed by atoms with Crippen molar-refractivity contribution >= 4 is 17.4 Å². The van der Waals surface area contributed by atoms with Gasteiger partial charge in [-0.05, 0) is 12.8 Å². The van der Waals surface area contributed by atoms with Crippen LogP contribution in [0.15, 0.2) is 18.7 Å². The molecular weight excluding hydrogens is 232 g/mol. The number of carbonyl (C=O) groups is 1. The van der Waals surface area contributed by atoms with Crippen LogP contribution < -0.4 is 10.6 Å². The van der Waals surface area contributed by atoms with Crippen LogP contribution in [-0.4, -0.2) is 38.1 Å². The monoisotopic (exact) mass is 246 g/mol. The molecule has 1 aliphatic rings. The molecule has 1 saturated carbocycles. The molecule has 0 radical (unpaired) electrons. The van der Waals surface area contributed by atoms with Crippen LogP contribution in [0.3, 0.4) is 0 Å². The molecule has 1 aliphatic carbocycles. The van der Waals surface area contributed by atoms with Crippen LogP contribution in [0.2, 0.25) is 0 Å². The summed E-state index contributed by atoms with van der Waals surface area (Å²) in [6, 6.07) is 0.413. The van der Waals surface area contributed by atoms with E-state index in [1.54, 1.807) is 23.1 Å². The molecule has 0 unspecified atom stereocenters. The van der Waals surface area contributed by atoms with Gasteiger partial charge in [0.25, 0.3) is 0 Å². The van der Waals surface area contributed by atoms with Crippen LogP contribution in [-0.2, 0) is 4.79 Å². The van der Waals surface area contributed by atoms with Crippen molar-refractivity contribution in [2.24, 2.45) is 0 Å². The van der Waals surface area contributed by atoms with Crippen LogP contribution in [0.5, 0.6) is 0 Å². The Balaban J connectivity index is 1.55. The first-order chi connectivity index (χ1) is 8.83. The fourth-order valence-electron chi connectivity index (χ4n) is 1.71. The maximum Gasteiger partial charge on any atom is 0.221 e. The Bertz CT molecular complexity index is 561. The predicted octanol–water partition coefficient (Wildman–Crippen LogP) is 0.205. The molecule has 3 rings (SSSR count). The van der Waals surface area contributed by atoms with E-state index in [0.29, 0.717) is 30.5 Å². The molecule has 2 aromatic heterocycles. The van der Waals surface area contributed by atoms with E-state index in [-0.39, 0.29) is 5.91 Å². The van der Waals surface area contributed by atoms with Crippen molar-refractivity contribution in [1.29, 1.82) is 0 Å². The fraction of sp³-hybridized carbons (Fsp3) is 0.455. The second-order valence-electron chi connectivity index (χ2n) is 4.36. The van der Waals surface area contributed by atoms with E-state index in [4.69, 9.17) is 0 Å². The number of rotatable bonds is 5. The third-order valence-corrected chi connectivity index (χ3v) is 2.80. The van der Waals surface area contributed by atoms with Gasteiger partial charge in [0.2, 0.25) is 11.6 Å². The minimum atomic E-state index is 0.0819. The highest BCUT2D eigenvalue weighted by atomic mass is 16.1. The summed E-state index contributed by atoms with van der Waals surface area (Å²) in [5.74, 6) is 0.729. The summed E-state index contributed by atoms with van der Waals surface area (Å²) >= 11 is 0. The first-order valence-corrected chi connectivity index (χ1v) is 6.00. The van der Waals surface area contributed by atoms with Crippen LogP contribution in [0.25, 0.3) is 5.65 Å². The highest BCUT2D eigenvalue weighted by Gasteiger charge is 2.22. The summed E-state index contributed by atoms with van der Waals surface area (Å²) in [5, 5.41) is 13.8. The average Bonchev–Trinajstić information content (AvgIpc) is 3.04. The summed E-state index contributed by atoms with van der Waals surface area (Å²) in [7, 11) is 0. The summed E-state index contributed by atoms with van der Waals surface area (Å²) in [4.78, 5) is 15.7. The molecule has 2 heterocycles. The van der Waals surface area contributed by atoms with Gasteiger partial charge in [0.05, 0.1) is 0 Å². The lowest BCUT2D eigenvalue weighted by molar-refractivity contribution is -0.120. The first-order valence-electron chi connectivity index (χ1n) is 6.00. The predicted molar refractivity (Wildman–Crippen MR) is 65.1 cm³/mol. The zero-order valence-corrected chi connectivity index (χ0v) is 9.83. The lowest BCUT2D eigenvalue weighted by Gasteiger charge is -2.06. The molecule has 2 aromatic rings. The van der Waals surface area contributed by atoms with Gasteiger partial charge in [-0.2, -0.15) is 0 Å². The Morgan fingerprint density at radius 3 is 3.22 bits per heavy atom. The van der Waals surface area contributed by atoms with Crippen LogP contribution in [0.1, 0.15) is 19.3 Å². The summed E-state index contributed by atoms with van der Waals surface area (Å²) in [6.07, 6.45) is 7.72. The molecule has 0 spiro atoms. The third kappa shape index (κ3) is 2.39. The van der Waals surface area contributed by atoms with Crippen molar-refractivity contribution in [2.75, 3.05) is 11.9 Å². The van der Waals surface area contributed by atoms with Gasteiger partial charge in [0, 0.05) is 31.4 Å². The van der Waals surface area contributed by atoms with Gasteiger partial charge >= 0.3 is 0 Å². The number of hydrogen-bond acceptors (Lipinski definition) is 5. The highest BCUT2D eigenvalue weighted by molar-refractivity contribution is 5.77. The molecule has 0 bridgehead atoms. The van der Waals surface area contributed by atoms with E-state index in [9.17, 15) is 4.79 Å². The number of fused-ring (bicyclic) bond motifs is 1. The van der Waals surface area contributed by atoms with Gasteiger partial charge in [-0.15, -0.1) is 10.2 Å². The summed E-state index contributed by atoms with van der Waals surface area (Å²) in [6.45, 7) is 0.540. The van der Waals surface area contributed by atoms with Crippen molar-refractivity contribution in [3.8, 4) is 0 Å². The largest absolute Gasteiger partial charge is 0.366 e. The van der Waals surface area contributed by atoms with Gasteiger partial charge in [-0.1, -0.05) is 0 Å². The van der Waals surface area contributed by atoms with E-state index in [2.05, 4.69) is 25.8 Å². The Kier molecular flexibility index (Phi) is 2.79. The number of nitrogens with zero attached hydrogens (tertiary/aromatic N) is 4. The number of amides is 1. The van der Waals surface area contributed by atoms with Crippen molar-refractivity contribution in [3.63, 3.8) is 0 Å². The molecule has 0 atom stereocenters. The topological polar surface area (TPSA) is 84.2 Å². The average molecular weight is 246 g/mol. The fourth-order valence-corrected chi connectivity index (χ4v) is 1.71. The molecule has 0 saturated heterocycles. The highest BCUT2D eigenvalue weighted by Crippen LogP contribution is 2.18. The quantitative estimate of drug-likeness (QED) is 0.787. The maximum absolute atomic E-state index is 11.5. The second kappa shape index (κ2) is 4.59. The Morgan fingerprint density at radius 2 is 2.39 bits per heavy atom. The number of carbonyl (C=O) groups excluding carboxylic acids is 1. The number of nitrogens with one attached hydrogen (secondary N) is 2. The molecule has 0 aromatic carbocycles. The second-order valence-corrected chi connectivity index (χ2v) is 4.36. The zero-order valence-electron chi connectivity index (χ0n) is 9.83. The normalized spacial score (nSPS) is 14.7. The Hall–Kier alpha value is -2.18. The minimum absolute atomic E-state index is 0.0819. The van der Waals surface area contributed by atoms with Crippen molar-refractivity contribution in [2.45, 2.75) is 25.3 Å². The molecule has 2 N–H and O–H groups in total. The number of anilines is 1. The molecule has 94 valence electrons.